The van der Waals surface area contributed by atoms with Gasteiger partial charge in [0.1, 0.15) is 5.82 Å². The summed E-state index contributed by atoms with van der Waals surface area (Å²) >= 11 is 0. The molecule has 0 aliphatic heterocycles. The molecule has 1 atom stereocenters. The summed E-state index contributed by atoms with van der Waals surface area (Å²) in [4.78, 5) is 27.2. The number of amides is 1. The van der Waals surface area contributed by atoms with Crippen LogP contribution >= 0.6 is 0 Å². The van der Waals surface area contributed by atoms with Gasteiger partial charge in [0.2, 0.25) is 0 Å². The lowest BCUT2D eigenvalue weighted by Crippen LogP contribution is -2.36. The van der Waals surface area contributed by atoms with E-state index in [-0.39, 0.29) is 18.5 Å². The quantitative estimate of drug-likeness (QED) is 0.400. The first-order valence-electron chi connectivity index (χ1n) is 11.4. The molecule has 0 saturated carbocycles. The maximum atomic E-state index is 13.9. The van der Waals surface area contributed by atoms with Gasteiger partial charge in [-0.1, -0.05) is 0 Å². The minimum absolute atomic E-state index is 0.0866. The fraction of sp³-hybridized carbons (Fsp3) is 0.269. The number of aromatic amines is 1. The van der Waals surface area contributed by atoms with E-state index in [4.69, 9.17) is 5.73 Å². The first kappa shape index (κ1) is 22.9. The summed E-state index contributed by atoms with van der Waals surface area (Å²) in [5.74, 6) is 0.218. The molecule has 3 aromatic heterocycles. The lowest BCUT2D eigenvalue weighted by atomic mass is 9.91. The van der Waals surface area contributed by atoms with Crippen LogP contribution in [0.4, 0.5) is 19.0 Å². The number of anilines is 1. The van der Waals surface area contributed by atoms with Gasteiger partial charge in [0, 0.05) is 29.0 Å². The molecule has 0 fully saturated rings. The molecule has 9 heteroatoms. The van der Waals surface area contributed by atoms with Crippen molar-refractivity contribution in [2.75, 3.05) is 5.73 Å². The van der Waals surface area contributed by atoms with Crippen LogP contribution < -0.4 is 5.73 Å². The largest absolute Gasteiger partial charge is 0.417 e. The number of rotatable bonds is 4. The van der Waals surface area contributed by atoms with Gasteiger partial charge in [-0.15, -0.1) is 0 Å². The van der Waals surface area contributed by atoms with Gasteiger partial charge < -0.3 is 15.6 Å². The van der Waals surface area contributed by atoms with Gasteiger partial charge in [-0.2, -0.15) is 13.2 Å². The summed E-state index contributed by atoms with van der Waals surface area (Å²) in [6.45, 7) is 1.94. The minimum atomic E-state index is -4.47. The Balaban J connectivity index is 1.53. The van der Waals surface area contributed by atoms with Crippen LogP contribution in [-0.2, 0) is 19.1 Å². The first-order chi connectivity index (χ1) is 16.7. The number of carbonyl (C=O) groups excluding carboxylic acids is 1. The second-order valence-corrected chi connectivity index (χ2v) is 8.89. The fourth-order valence-corrected chi connectivity index (χ4v) is 4.68. The van der Waals surface area contributed by atoms with E-state index in [1.165, 1.54) is 6.07 Å². The predicted octanol–water partition coefficient (Wildman–Crippen LogP) is 5.59. The Kier molecular flexibility index (Phi) is 5.70. The standard InChI is InChI=1S/C26H24F3N5O/c1-15-11-17-12-16(5-8-21(17)33-24(15)30)25(35)34(23-4-2-3-22-20(23)9-10-31-22)14-19-7-6-18(13-32-19)26(27,28)29/h5-13,23,31H,2-4,14H2,1H3,(H2,30,33)/t23-/m0/s1. The highest BCUT2D eigenvalue weighted by atomic mass is 19.4. The highest BCUT2D eigenvalue weighted by Crippen LogP contribution is 2.36. The van der Waals surface area contributed by atoms with Crippen molar-refractivity contribution in [1.29, 1.82) is 0 Å². The third kappa shape index (κ3) is 4.45. The lowest BCUT2D eigenvalue weighted by molar-refractivity contribution is -0.137. The summed E-state index contributed by atoms with van der Waals surface area (Å²) in [6.07, 6.45) is 0.740. The number of alkyl halides is 3. The van der Waals surface area contributed by atoms with Gasteiger partial charge in [-0.05, 0) is 79.8 Å². The zero-order chi connectivity index (χ0) is 24.7. The van der Waals surface area contributed by atoms with E-state index in [0.29, 0.717) is 22.6 Å². The number of pyridine rings is 2. The molecule has 1 aromatic carbocycles. The summed E-state index contributed by atoms with van der Waals surface area (Å²) in [7, 11) is 0. The molecule has 3 heterocycles. The van der Waals surface area contributed by atoms with E-state index in [1.807, 2.05) is 25.3 Å². The van der Waals surface area contributed by atoms with Crippen molar-refractivity contribution in [2.24, 2.45) is 0 Å². The number of H-pyrrole nitrogens is 1. The van der Waals surface area contributed by atoms with Crippen LogP contribution in [0, 0.1) is 6.92 Å². The number of fused-ring (bicyclic) bond motifs is 2. The lowest BCUT2D eigenvalue weighted by Gasteiger charge is -2.34. The van der Waals surface area contributed by atoms with Crippen molar-refractivity contribution >= 4 is 22.6 Å². The van der Waals surface area contributed by atoms with E-state index in [1.54, 1.807) is 23.1 Å². The molecule has 6 nitrogen and oxygen atoms in total. The smallest absolute Gasteiger partial charge is 0.383 e. The van der Waals surface area contributed by atoms with Crippen molar-refractivity contribution in [3.8, 4) is 0 Å². The fourth-order valence-electron chi connectivity index (χ4n) is 4.68. The molecule has 0 radical (unpaired) electrons. The van der Waals surface area contributed by atoms with Gasteiger partial charge in [0.15, 0.2) is 0 Å². The van der Waals surface area contributed by atoms with Crippen LogP contribution in [-0.4, -0.2) is 25.8 Å². The van der Waals surface area contributed by atoms with E-state index < -0.39 is 11.7 Å². The second-order valence-electron chi connectivity index (χ2n) is 8.89. The number of aromatic nitrogens is 3. The van der Waals surface area contributed by atoms with Crippen LogP contribution in [0.3, 0.4) is 0 Å². The molecule has 0 spiro atoms. The Morgan fingerprint density at radius 1 is 1.20 bits per heavy atom. The Labute approximate surface area is 200 Å². The summed E-state index contributed by atoms with van der Waals surface area (Å²) in [5, 5.41) is 0.793. The number of carbonyl (C=O) groups is 1. The number of nitrogens with one attached hydrogen (secondary N) is 1. The third-order valence-electron chi connectivity index (χ3n) is 6.55. The van der Waals surface area contributed by atoms with Crippen LogP contribution in [0.1, 0.15) is 57.3 Å². The number of halogens is 3. The van der Waals surface area contributed by atoms with Gasteiger partial charge in [0.05, 0.1) is 29.4 Å². The molecule has 3 N–H and O–H groups in total. The second kappa shape index (κ2) is 8.72. The average molecular weight is 480 g/mol. The number of nitrogens with zero attached hydrogens (tertiary/aromatic N) is 3. The van der Waals surface area contributed by atoms with Crippen molar-refractivity contribution in [3.05, 3.63) is 88.5 Å². The Morgan fingerprint density at radius 2 is 2.03 bits per heavy atom. The summed E-state index contributed by atoms with van der Waals surface area (Å²) in [6, 6.07) is 11.2. The number of hydrogen-bond acceptors (Lipinski definition) is 4. The predicted molar refractivity (Wildman–Crippen MR) is 126 cm³/mol. The highest BCUT2D eigenvalue weighted by Gasteiger charge is 2.33. The van der Waals surface area contributed by atoms with Crippen LogP contribution in [0.25, 0.3) is 10.9 Å². The van der Waals surface area contributed by atoms with Crippen molar-refractivity contribution in [1.82, 2.24) is 19.9 Å². The topological polar surface area (TPSA) is 87.9 Å². The molecule has 1 aliphatic carbocycles. The maximum Gasteiger partial charge on any atom is 0.417 e. The number of nitrogen functional groups attached to an aromatic ring is 1. The molecule has 1 aliphatic rings. The third-order valence-corrected chi connectivity index (χ3v) is 6.55. The zero-order valence-corrected chi connectivity index (χ0v) is 19.1. The van der Waals surface area contributed by atoms with Crippen LogP contribution in [0.15, 0.2) is 54.9 Å². The first-order valence-corrected chi connectivity index (χ1v) is 11.4. The monoisotopic (exact) mass is 479 g/mol. The van der Waals surface area contributed by atoms with E-state index in [0.717, 1.165) is 53.7 Å². The summed E-state index contributed by atoms with van der Waals surface area (Å²) < 4.78 is 39.0. The highest BCUT2D eigenvalue weighted by molar-refractivity contribution is 5.98. The molecule has 180 valence electrons. The molecule has 35 heavy (non-hydrogen) atoms. The average Bonchev–Trinajstić information content (AvgIpc) is 3.32. The molecule has 5 rings (SSSR count). The maximum absolute atomic E-state index is 13.9. The van der Waals surface area contributed by atoms with Crippen molar-refractivity contribution in [3.63, 3.8) is 0 Å². The van der Waals surface area contributed by atoms with Crippen molar-refractivity contribution < 1.29 is 18.0 Å². The van der Waals surface area contributed by atoms with Gasteiger partial charge in [-0.3, -0.25) is 9.78 Å². The normalized spacial score (nSPS) is 15.7. The molecule has 0 saturated heterocycles. The number of aryl methyl sites for hydroxylation is 2. The van der Waals surface area contributed by atoms with Crippen LogP contribution in [0.2, 0.25) is 0 Å². The Bertz CT molecular complexity index is 1390. The van der Waals surface area contributed by atoms with Crippen molar-refractivity contribution in [2.45, 2.75) is 44.9 Å². The number of nitrogens with two attached hydrogens (primary N) is 1. The number of hydrogen-bond donors (Lipinski definition) is 2. The molecule has 1 amide bonds. The molecule has 0 unspecified atom stereocenters. The van der Waals surface area contributed by atoms with Gasteiger partial charge in [-0.25, -0.2) is 4.98 Å². The Hall–Kier alpha value is -3.88. The number of benzene rings is 1. The Morgan fingerprint density at radius 3 is 2.77 bits per heavy atom. The van der Waals surface area contributed by atoms with Crippen LogP contribution in [0.5, 0.6) is 0 Å². The summed E-state index contributed by atoms with van der Waals surface area (Å²) in [5.41, 5.74) is 9.57. The van der Waals surface area contributed by atoms with E-state index >= 15 is 0 Å². The van der Waals surface area contributed by atoms with E-state index in [2.05, 4.69) is 15.0 Å². The SMILES string of the molecule is Cc1cc2cc(C(=O)N(Cc3ccc(C(F)(F)F)cn3)[C@H]3CCCc4[nH]ccc43)ccc2nc1N. The molecular formula is C26H24F3N5O. The van der Waals surface area contributed by atoms with Gasteiger partial charge >= 0.3 is 6.18 Å². The minimum Gasteiger partial charge on any atom is -0.383 e. The molecule has 4 aromatic rings. The van der Waals surface area contributed by atoms with E-state index in [9.17, 15) is 18.0 Å². The molecule has 0 bridgehead atoms. The molecular weight excluding hydrogens is 455 g/mol. The zero-order valence-electron chi connectivity index (χ0n) is 19.1. The van der Waals surface area contributed by atoms with Gasteiger partial charge in [0.25, 0.3) is 5.91 Å².